The maximum absolute atomic E-state index is 11.4. The molecule has 112 valence electrons. The Kier molecular flexibility index (Phi) is 9.78. The molecule has 19 heavy (non-hydrogen) atoms. The standard InChI is InChI=1S/C16H31NO2/c1-2-3-4-5-6-7-8-9-15-19-16(18)11-10-12-17-13-14-17/h2-15H2,1H3. The molecule has 0 aliphatic carbocycles. The van der Waals surface area contributed by atoms with E-state index in [2.05, 4.69) is 11.8 Å². The van der Waals surface area contributed by atoms with Gasteiger partial charge in [-0.2, -0.15) is 0 Å². The SMILES string of the molecule is CCCCCCCCCCOC(=O)CCCN1CC1. The van der Waals surface area contributed by atoms with E-state index in [1.807, 2.05) is 0 Å². The van der Waals surface area contributed by atoms with Crippen LogP contribution in [0.25, 0.3) is 0 Å². The van der Waals surface area contributed by atoms with E-state index in [-0.39, 0.29) is 5.97 Å². The van der Waals surface area contributed by atoms with Crippen LogP contribution in [-0.2, 0) is 9.53 Å². The first-order valence-electron chi connectivity index (χ1n) is 8.21. The van der Waals surface area contributed by atoms with Crippen molar-refractivity contribution in [3.8, 4) is 0 Å². The van der Waals surface area contributed by atoms with Crippen LogP contribution in [0, 0.1) is 0 Å². The Morgan fingerprint density at radius 1 is 0.947 bits per heavy atom. The maximum atomic E-state index is 11.4. The first-order chi connectivity index (χ1) is 9.33. The third-order valence-corrected chi connectivity index (χ3v) is 3.66. The van der Waals surface area contributed by atoms with Gasteiger partial charge >= 0.3 is 5.97 Å². The second kappa shape index (κ2) is 11.3. The second-order valence-electron chi connectivity index (χ2n) is 5.64. The molecule has 0 unspecified atom stereocenters. The average Bonchev–Trinajstić information content (AvgIpc) is 3.21. The minimum Gasteiger partial charge on any atom is -0.466 e. The van der Waals surface area contributed by atoms with Gasteiger partial charge < -0.3 is 9.64 Å². The van der Waals surface area contributed by atoms with Crippen molar-refractivity contribution in [1.82, 2.24) is 4.90 Å². The van der Waals surface area contributed by atoms with Crippen molar-refractivity contribution in [2.45, 2.75) is 71.1 Å². The van der Waals surface area contributed by atoms with E-state index in [4.69, 9.17) is 4.74 Å². The van der Waals surface area contributed by atoms with Crippen molar-refractivity contribution >= 4 is 5.97 Å². The zero-order valence-electron chi connectivity index (χ0n) is 12.7. The van der Waals surface area contributed by atoms with E-state index in [0.29, 0.717) is 13.0 Å². The molecule has 3 heteroatoms. The zero-order chi connectivity index (χ0) is 13.8. The summed E-state index contributed by atoms with van der Waals surface area (Å²) in [5, 5.41) is 0. The number of rotatable bonds is 13. The van der Waals surface area contributed by atoms with Crippen molar-refractivity contribution in [2.75, 3.05) is 26.2 Å². The summed E-state index contributed by atoms with van der Waals surface area (Å²) < 4.78 is 5.23. The van der Waals surface area contributed by atoms with Gasteiger partial charge in [-0.3, -0.25) is 4.79 Å². The molecule has 0 aromatic rings. The van der Waals surface area contributed by atoms with E-state index in [1.54, 1.807) is 0 Å². The van der Waals surface area contributed by atoms with Gasteiger partial charge in [0.1, 0.15) is 0 Å². The van der Waals surface area contributed by atoms with Crippen LogP contribution in [-0.4, -0.2) is 37.1 Å². The van der Waals surface area contributed by atoms with Gasteiger partial charge in [-0.05, 0) is 19.4 Å². The molecule has 1 aliphatic heterocycles. The second-order valence-corrected chi connectivity index (χ2v) is 5.64. The molecule has 0 atom stereocenters. The lowest BCUT2D eigenvalue weighted by Crippen LogP contribution is -2.08. The lowest BCUT2D eigenvalue weighted by molar-refractivity contribution is -0.143. The average molecular weight is 269 g/mol. The molecule has 0 saturated carbocycles. The molecular weight excluding hydrogens is 238 g/mol. The highest BCUT2D eigenvalue weighted by atomic mass is 16.5. The fraction of sp³-hybridized carbons (Fsp3) is 0.938. The third-order valence-electron chi connectivity index (χ3n) is 3.66. The Hall–Kier alpha value is -0.570. The smallest absolute Gasteiger partial charge is 0.305 e. The van der Waals surface area contributed by atoms with Gasteiger partial charge in [0, 0.05) is 19.5 Å². The molecule has 0 amide bonds. The Balaban J connectivity index is 1.72. The van der Waals surface area contributed by atoms with E-state index >= 15 is 0 Å². The van der Waals surface area contributed by atoms with E-state index in [0.717, 1.165) is 19.4 Å². The number of ether oxygens (including phenoxy) is 1. The molecule has 1 aliphatic rings. The van der Waals surface area contributed by atoms with Crippen LogP contribution < -0.4 is 0 Å². The number of nitrogens with zero attached hydrogens (tertiary/aromatic N) is 1. The number of unbranched alkanes of at least 4 members (excludes halogenated alkanes) is 7. The molecule has 1 saturated heterocycles. The molecular formula is C16H31NO2. The highest BCUT2D eigenvalue weighted by Crippen LogP contribution is 2.09. The van der Waals surface area contributed by atoms with Gasteiger partial charge in [-0.1, -0.05) is 51.9 Å². The highest BCUT2D eigenvalue weighted by Gasteiger charge is 2.16. The Bertz CT molecular complexity index is 227. The quantitative estimate of drug-likeness (QED) is 0.289. The monoisotopic (exact) mass is 269 g/mol. The van der Waals surface area contributed by atoms with Crippen molar-refractivity contribution < 1.29 is 9.53 Å². The molecule has 0 aromatic carbocycles. The summed E-state index contributed by atoms with van der Waals surface area (Å²) in [5.41, 5.74) is 0. The topological polar surface area (TPSA) is 29.3 Å². The Morgan fingerprint density at radius 2 is 1.58 bits per heavy atom. The summed E-state index contributed by atoms with van der Waals surface area (Å²) in [7, 11) is 0. The summed E-state index contributed by atoms with van der Waals surface area (Å²) in [6.45, 7) is 6.36. The third kappa shape index (κ3) is 11.0. The number of carbonyl (C=O) groups excluding carboxylic acids is 1. The minimum atomic E-state index is -0.00945. The highest BCUT2D eigenvalue weighted by molar-refractivity contribution is 5.69. The van der Waals surface area contributed by atoms with Crippen LogP contribution in [0.2, 0.25) is 0 Å². The van der Waals surface area contributed by atoms with E-state index < -0.39 is 0 Å². The summed E-state index contributed by atoms with van der Waals surface area (Å²) >= 11 is 0. The lowest BCUT2D eigenvalue weighted by Gasteiger charge is -2.05. The largest absolute Gasteiger partial charge is 0.466 e. The molecule has 0 aromatic heterocycles. The molecule has 0 N–H and O–H groups in total. The lowest BCUT2D eigenvalue weighted by atomic mass is 10.1. The summed E-state index contributed by atoms with van der Waals surface area (Å²) in [6.07, 6.45) is 11.8. The van der Waals surface area contributed by atoms with Crippen molar-refractivity contribution in [3.05, 3.63) is 0 Å². The van der Waals surface area contributed by atoms with Crippen molar-refractivity contribution in [1.29, 1.82) is 0 Å². The van der Waals surface area contributed by atoms with Crippen molar-refractivity contribution in [3.63, 3.8) is 0 Å². The van der Waals surface area contributed by atoms with Crippen LogP contribution in [0.3, 0.4) is 0 Å². The molecule has 0 radical (unpaired) electrons. The fourth-order valence-electron chi connectivity index (χ4n) is 2.24. The Labute approximate surface area is 118 Å². The van der Waals surface area contributed by atoms with Gasteiger partial charge in [-0.15, -0.1) is 0 Å². The van der Waals surface area contributed by atoms with Gasteiger partial charge in [0.15, 0.2) is 0 Å². The van der Waals surface area contributed by atoms with Crippen LogP contribution in [0.15, 0.2) is 0 Å². The van der Waals surface area contributed by atoms with Gasteiger partial charge in [0.2, 0.25) is 0 Å². The maximum Gasteiger partial charge on any atom is 0.305 e. The van der Waals surface area contributed by atoms with E-state index in [1.165, 1.54) is 58.0 Å². The first kappa shape index (κ1) is 16.5. The number of carbonyl (C=O) groups is 1. The fourth-order valence-corrected chi connectivity index (χ4v) is 2.24. The number of hydrogen-bond donors (Lipinski definition) is 0. The first-order valence-corrected chi connectivity index (χ1v) is 8.21. The molecule has 0 bridgehead atoms. The van der Waals surface area contributed by atoms with E-state index in [9.17, 15) is 4.79 Å². The van der Waals surface area contributed by atoms with Crippen LogP contribution in [0.1, 0.15) is 71.1 Å². The van der Waals surface area contributed by atoms with Crippen LogP contribution in [0.4, 0.5) is 0 Å². The van der Waals surface area contributed by atoms with Gasteiger partial charge in [0.25, 0.3) is 0 Å². The molecule has 3 nitrogen and oxygen atoms in total. The Morgan fingerprint density at radius 3 is 2.21 bits per heavy atom. The summed E-state index contributed by atoms with van der Waals surface area (Å²) in [4.78, 5) is 13.8. The predicted molar refractivity (Wildman–Crippen MR) is 79.2 cm³/mol. The predicted octanol–water partition coefficient (Wildman–Crippen LogP) is 3.77. The van der Waals surface area contributed by atoms with Crippen LogP contribution in [0.5, 0.6) is 0 Å². The summed E-state index contributed by atoms with van der Waals surface area (Å²) in [5.74, 6) is -0.00945. The molecule has 0 spiro atoms. The van der Waals surface area contributed by atoms with Gasteiger partial charge in [-0.25, -0.2) is 0 Å². The molecule has 1 rings (SSSR count). The van der Waals surface area contributed by atoms with Crippen molar-refractivity contribution in [2.24, 2.45) is 0 Å². The number of esters is 1. The summed E-state index contributed by atoms with van der Waals surface area (Å²) in [6, 6.07) is 0. The molecule has 1 fully saturated rings. The minimum absolute atomic E-state index is 0.00945. The normalized spacial score (nSPS) is 14.6. The van der Waals surface area contributed by atoms with Gasteiger partial charge in [0.05, 0.1) is 6.61 Å². The number of hydrogen-bond acceptors (Lipinski definition) is 3. The van der Waals surface area contributed by atoms with Crippen LogP contribution >= 0.6 is 0 Å². The zero-order valence-corrected chi connectivity index (χ0v) is 12.7. The molecule has 1 heterocycles.